The highest BCUT2D eigenvalue weighted by molar-refractivity contribution is 6.24. The minimum atomic E-state index is -3.09. The van der Waals surface area contributed by atoms with Gasteiger partial charge in [0.1, 0.15) is 5.82 Å². The molecule has 0 radical (unpaired) electrons. The average molecular weight is 614 g/mol. The Labute approximate surface area is 292 Å². The van der Waals surface area contributed by atoms with Crippen LogP contribution in [-0.2, 0) is 6.37 Å². The zero-order chi connectivity index (χ0) is 42.6. The van der Waals surface area contributed by atoms with Crippen molar-refractivity contribution in [2.24, 2.45) is 0 Å². The molecule has 8 aromatic carbocycles. The van der Waals surface area contributed by atoms with Crippen molar-refractivity contribution in [3.8, 4) is 39.1 Å². The quantitative estimate of drug-likeness (QED) is 0.177. The molecule has 2 nitrogen and oxygen atoms in total. The summed E-state index contributed by atoms with van der Waals surface area (Å²) in [6, 6.07) is 30.4. The van der Waals surface area contributed by atoms with Gasteiger partial charge in [-0.1, -0.05) is 146 Å². The van der Waals surface area contributed by atoms with Gasteiger partial charge in [-0.15, -0.1) is 0 Å². The summed E-state index contributed by atoms with van der Waals surface area (Å²) in [7, 11) is 0. The fourth-order valence-corrected chi connectivity index (χ4v) is 6.72. The molecule has 0 aliphatic carbocycles. The highest BCUT2D eigenvalue weighted by Crippen LogP contribution is 2.46. The maximum Gasteiger partial charge on any atom is 0.114 e. The molecule has 0 amide bonds. The van der Waals surface area contributed by atoms with Gasteiger partial charge in [0.25, 0.3) is 0 Å². The maximum absolute atomic E-state index is 9.47. The smallest absolute Gasteiger partial charge is 0.114 e. The molecular weight excluding hydrogens is 569 g/mol. The molecule has 0 bridgehead atoms. The molecule has 0 atom stereocenters. The van der Waals surface area contributed by atoms with Crippen LogP contribution in [0.3, 0.4) is 0 Å². The van der Waals surface area contributed by atoms with Crippen LogP contribution in [0, 0.1) is 0 Å². The number of para-hydroxylation sites is 2. The molecule has 0 aliphatic rings. The van der Waals surface area contributed by atoms with Crippen LogP contribution >= 0.6 is 0 Å². The number of hydrogen-bond donors (Lipinski definition) is 0. The maximum atomic E-state index is 9.47. The summed E-state index contributed by atoms with van der Waals surface area (Å²) in [5.74, 6) is -0.345. The topological polar surface area (TPSA) is 17.8 Å². The van der Waals surface area contributed by atoms with Crippen molar-refractivity contribution in [1.29, 1.82) is 0 Å². The molecule has 9 rings (SSSR count). The minimum Gasteiger partial charge on any atom is -0.296 e. The van der Waals surface area contributed by atoms with E-state index in [1.807, 2.05) is 42.5 Å². The fraction of sp³-hybridized carbons (Fsp3) is 0.0444. The van der Waals surface area contributed by atoms with E-state index in [1.54, 1.807) is 72.8 Å². The van der Waals surface area contributed by atoms with Crippen LogP contribution in [0.2, 0.25) is 0 Å². The number of benzene rings is 8. The highest BCUT2D eigenvalue weighted by Gasteiger charge is 2.20. The van der Waals surface area contributed by atoms with Gasteiger partial charge in [0.2, 0.25) is 0 Å². The Morgan fingerprint density at radius 3 is 1.94 bits per heavy atom. The molecule has 222 valence electrons. The Kier molecular flexibility index (Phi) is 4.04. The van der Waals surface area contributed by atoms with Gasteiger partial charge < -0.3 is 0 Å². The summed E-state index contributed by atoms with van der Waals surface area (Å²) in [5.41, 5.74) is 4.07. The summed E-state index contributed by atoms with van der Waals surface area (Å²) in [6.07, 6.45) is -2.89. The van der Waals surface area contributed by atoms with E-state index in [-0.39, 0.29) is 50.6 Å². The first-order valence-corrected chi connectivity index (χ1v) is 15.2. The van der Waals surface area contributed by atoms with Gasteiger partial charge in [-0.3, -0.25) is 4.57 Å². The second kappa shape index (κ2) is 11.1. The van der Waals surface area contributed by atoms with Gasteiger partial charge in [-0.2, -0.15) is 0 Å². The van der Waals surface area contributed by atoms with Gasteiger partial charge in [0.05, 0.1) is 27.7 Å². The van der Waals surface area contributed by atoms with Crippen molar-refractivity contribution in [2.75, 3.05) is 0 Å². The summed E-state index contributed by atoms with van der Waals surface area (Å²) in [5, 5.41) is 1.20. The van der Waals surface area contributed by atoms with Crippen LogP contribution in [0.5, 0.6) is 0 Å². The predicted molar refractivity (Wildman–Crippen MR) is 199 cm³/mol. The number of aromatic nitrogens is 2. The van der Waals surface area contributed by atoms with Crippen molar-refractivity contribution in [3.05, 3.63) is 169 Å². The Morgan fingerprint density at radius 2 is 1.19 bits per heavy atom. The number of hydrogen-bond acceptors (Lipinski definition) is 1. The third-order valence-electron chi connectivity index (χ3n) is 8.72. The van der Waals surface area contributed by atoms with Crippen LogP contribution in [0.15, 0.2) is 164 Å². The third kappa shape index (κ3) is 4.37. The lowest BCUT2D eigenvalue weighted by Crippen LogP contribution is -2.01. The highest BCUT2D eigenvalue weighted by atomic mass is 15.1. The van der Waals surface area contributed by atoms with Gasteiger partial charge in [-0.05, 0) is 84.6 Å². The third-order valence-corrected chi connectivity index (χ3v) is 8.72. The molecular formula is C45H32N2. The van der Waals surface area contributed by atoms with Crippen LogP contribution in [0.25, 0.3) is 82.4 Å². The normalized spacial score (nSPS) is 16.1. The molecule has 2 heteroatoms. The van der Waals surface area contributed by atoms with E-state index < -0.39 is 49.5 Å². The first-order chi connectivity index (χ1) is 28.5. The van der Waals surface area contributed by atoms with Gasteiger partial charge >= 0.3 is 0 Å². The lowest BCUT2D eigenvalue weighted by molar-refractivity contribution is 0.913. The molecule has 1 heterocycles. The van der Waals surface area contributed by atoms with Crippen LogP contribution in [0.4, 0.5) is 0 Å². The predicted octanol–water partition coefficient (Wildman–Crippen LogP) is 12.0. The van der Waals surface area contributed by atoms with E-state index in [1.165, 1.54) is 4.57 Å². The van der Waals surface area contributed by atoms with E-state index in [9.17, 15) is 5.48 Å². The summed E-state index contributed by atoms with van der Waals surface area (Å²) in [6.45, 7) is -3.09. The van der Waals surface area contributed by atoms with Gasteiger partial charge in [0, 0.05) is 18.6 Å². The lowest BCUT2D eigenvalue weighted by Gasteiger charge is -2.20. The Morgan fingerprint density at radius 1 is 0.574 bits per heavy atom. The molecule has 0 saturated carbocycles. The minimum absolute atomic E-state index is 0.0454. The molecule has 9 aromatic rings. The van der Waals surface area contributed by atoms with E-state index in [0.717, 1.165) is 11.1 Å². The Bertz CT molecular complexity index is 3180. The monoisotopic (exact) mass is 613 g/mol. The molecule has 0 N–H and O–H groups in total. The largest absolute Gasteiger partial charge is 0.296 e. The summed E-state index contributed by atoms with van der Waals surface area (Å²) >= 11 is 0. The number of nitrogens with zero attached hydrogens (tertiary/aromatic N) is 2. The lowest BCUT2D eigenvalue weighted by atomic mass is 9.84. The summed E-state index contributed by atoms with van der Waals surface area (Å²) in [4.78, 5) is 4.50. The van der Waals surface area contributed by atoms with E-state index in [4.69, 9.17) is 12.3 Å². The van der Waals surface area contributed by atoms with Crippen molar-refractivity contribution in [2.45, 2.75) is 13.2 Å². The number of aryl methyl sites for hydroxylation is 1. The van der Waals surface area contributed by atoms with Crippen LogP contribution in [-0.4, -0.2) is 9.55 Å². The number of fused-ring (bicyclic) bond motifs is 4. The molecule has 47 heavy (non-hydrogen) atoms. The summed E-state index contributed by atoms with van der Waals surface area (Å²) < 4.78 is 117. The van der Waals surface area contributed by atoms with E-state index in [0.29, 0.717) is 38.6 Å². The Balaban J connectivity index is 1.47. The molecule has 0 spiro atoms. The van der Waals surface area contributed by atoms with Crippen LogP contribution in [0.1, 0.15) is 30.5 Å². The first kappa shape index (κ1) is 17.1. The van der Waals surface area contributed by atoms with Crippen molar-refractivity contribution < 1.29 is 17.8 Å². The van der Waals surface area contributed by atoms with Gasteiger partial charge in [-0.25, -0.2) is 4.98 Å². The Hall–Kier alpha value is -5.99. The molecule has 0 fully saturated rings. The fourth-order valence-electron chi connectivity index (χ4n) is 6.72. The molecule has 1 aromatic heterocycles. The van der Waals surface area contributed by atoms with Crippen molar-refractivity contribution in [1.82, 2.24) is 9.55 Å². The van der Waals surface area contributed by atoms with Gasteiger partial charge in [0.15, 0.2) is 0 Å². The molecule has 0 unspecified atom stereocenters. The second-order valence-electron chi connectivity index (χ2n) is 11.3. The zero-order valence-corrected chi connectivity index (χ0v) is 24.9. The zero-order valence-electron chi connectivity index (χ0n) is 37.9. The van der Waals surface area contributed by atoms with Crippen molar-refractivity contribution in [3.63, 3.8) is 0 Å². The standard InChI is InChI=1S/C45H32N2/c1-2-43-46-40-25-12-13-26-42(40)47(43)41-28-27-39(33-19-6-7-20-34(33)41)45-37-23-10-8-21-35(37)44(36-22-9-11-24-38(36)45)32-18-14-17-31(29-32)30-15-4-3-5-16-30/h3-29H,2H2,1H3/i1D3,2D2,8D,9D,10D,11D,21D,22D,23D,24D. The molecule has 0 saturated heterocycles. The van der Waals surface area contributed by atoms with E-state index in [2.05, 4.69) is 4.98 Å². The SMILES string of the molecule is [2H]c1c([2H])c([2H])c2c(-c3ccc(-n4c(C([2H])([2H])C([2H])([2H])[2H])nc5ccccc54)c4ccccc34)c3c([2H])c([2H])c([2H])c([2H])c3c(-c3cccc(-c4ccccc4)c3)c2c1[2H]. The second-order valence-corrected chi connectivity index (χ2v) is 11.3. The number of rotatable bonds is 5. The number of imidazole rings is 1. The van der Waals surface area contributed by atoms with E-state index >= 15 is 0 Å². The average Bonchev–Trinajstić information content (AvgIpc) is 3.65. The van der Waals surface area contributed by atoms with Crippen LogP contribution < -0.4 is 0 Å². The van der Waals surface area contributed by atoms with Crippen molar-refractivity contribution >= 4 is 43.4 Å². The first-order valence-electron chi connectivity index (χ1n) is 21.7. The molecule has 0 aliphatic heterocycles.